The second-order valence-electron chi connectivity index (χ2n) is 18.9. The van der Waals surface area contributed by atoms with Crippen molar-refractivity contribution in [1.82, 2.24) is 21.3 Å². The maximum atomic E-state index is 13.4. The van der Waals surface area contributed by atoms with E-state index in [9.17, 15) is 85.6 Å². The van der Waals surface area contributed by atoms with Crippen LogP contribution in [0.2, 0.25) is 0 Å². The molecule has 4 amide bonds. The molecule has 4 fully saturated rings. The molecule has 440 valence electrons. The molecule has 4 aliphatic rings. The van der Waals surface area contributed by atoms with Gasteiger partial charge >= 0.3 is 6.09 Å². The molecule has 0 radical (unpaired) electrons. The molecule has 17 N–H and O–H groups in total. The fourth-order valence-electron chi connectivity index (χ4n) is 8.50. The molecule has 0 bridgehead atoms. The number of amides is 4. The lowest BCUT2D eigenvalue weighted by atomic mass is 9.96. The van der Waals surface area contributed by atoms with Crippen molar-refractivity contribution in [2.24, 2.45) is 0 Å². The highest BCUT2D eigenvalue weighted by Gasteiger charge is 2.52. The van der Waals surface area contributed by atoms with E-state index >= 15 is 0 Å². The maximum absolute atomic E-state index is 13.4. The lowest BCUT2D eigenvalue weighted by Crippen LogP contribution is -2.65. The van der Waals surface area contributed by atoms with Gasteiger partial charge in [-0.25, -0.2) is 4.79 Å². The lowest BCUT2D eigenvalue weighted by Gasteiger charge is -2.46. The van der Waals surface area contributed by atoms with Crippen molar-refractivity contribution < 1.29 is 128 Å². The zero-order valence-corrected chi connectivity index (χ0v) is 42.2. The van der Waals surface area contributed by atoms with E-state index in [0.29, 0.717) is 24.8 Å². The third-order valence-corrected chi connectivity index (χ3v) is 13.1. The van der Waals surface area contributed by atoms with Gasteiger partial charge in [0.15, 0.2) is 25.2 Å². The second kappa shape index (κ2) is 31.7. The first-order valence-corrected chi connectivity index (χ1v) is 25.4. The number of carbonyl (C=O) groups excluding carboxylic acids is 4. The summed E-state index contributed by atoms with van der Waals surface area (Å²) in [5, 5.41) is 144. The number of carbonyl (C=O) groups is 4. The van der Waals surface area contributed by atoms with Gasteiger partial charge in [-0.1, -0.05) is 36.8 Å². The Balaban J connectivity index is 1.09. The van der Waals surface area contributed by atoms with Crippen LogP contribution in [0, 0.1) is 0 Å². The van der Waals surface area contributed by atoms with E-state index in [4.69, 9.17) is 42.6 Å². The van der Waals surface area contributed by atoms with Crippen LogP contribution < -0.4 is 21.3 Å². The summed E-state index contributed by atoms with van der Waals surface area (Å²) in [6, 6.07) is 7.48. The van der Waals surface area contributed by atoms with Crippen LogP contribution in [-0.2, 0) is 63.6 Å². The van der Waals surface area contributed by atoms with Crippen LogP contribution in [0.4, 0.5) is 4.79 Å². The van der Waals surface area contributed by atoms with E-state index in [-0.39, 0.29) is 64.6 Å². The molecule has 1 aromatic rings. The fraction of sp³-hybridized carbons (Fsp3) is 0.787. The average Bonchev–Trinajstić information content (AvgIpc) is 3.42. The van der Waals surface area contributed by atoms with Crippen LogP contribution >= 0.6 is 0 Å². The summed E-state index contributed by atoms with van der Waals surface area (Å²) in [5.41, 5.74) is 0.675. The van der Waals surface area contributed by atoms with Crippen LogP contribution in [0.15, 0.2) is 30.3 Å². The highest BCUT2D eigenvalue weighted by molar-refractivity contribution is 5.86. The number of unbranched alkanes of at least 4 members (excludes halogenated alkanes) is 2. The van der Waals surface area contributed by atoms with Gasteiger partial charge in [-0.3, -0.25) is 14.4 Å². The van der Waals surface area contributed by atoms with E-state index in [0.717, 1.165) is 0 Å². The van der Waals surface area contributed by atoms with Crippen molar-refractivity contribution >= 4 is 23.8 Å². The van der Waals surface area contributed by atoms with Gasteiger partial charge < -0.3 is 130 Å². The van der Waals surface area contributed by atoms with Crippen molar-refractivity contribution in [3.63, 3.8) is 0 Å². The summed E-state index contributed by atoms with van der Waals surface area (Å²) in [6.07, 6.45) is -32.3. The van der Waals surface area contributed by atoms with Crippen LogP contribution in [-0.4, -0.2) is 272 Å². The predicted octanol–water partition coefficient (Wildman–Crippen LogP) is -7.72. The Bertz CT molecular complexity index is 1930. The topological polar surface area (TPSA) is 462 Å². The maximum Gasteiger partial charge on any atom is 0.408 e. The van der Waals surface area contributed by atoms with Crippen LogP contribution in [0.3, 0.4) is 0 Å². The first kappa shape index (κ1) is 63.9. The van der Waals surface area contributed by atoms with Gasteiger partial charge in [0, 0.05) is 32.5 Å². The normalized spacial score (nSPS) is 35.8. The zero-order valence-electron chi connectivity index (χ0n) is 42.2. The summed E-state index contributed by atoms with van der Waals surface area (Å²) in [7, 11) is 0. The molecule has 4 saturated heterocycles. The van der Waals surface area contributed by atoms with Crippen molar-refractivity contribution in [3.8, 4) is 0 Å². The minimum Gasteiger partial charge on any atom is -0.445 e. The van der Waals surface area contributed by atoms with E-state index in [2.05, 4.69) is 21.3 Å². The highest BCUT2D eigenvalue weighted by atomic mass is 16.8. The molecule has 30 heteroatoms. The number of benzene rings is 1. The minimum absolute atomic E-state index is 0.0359. The Morgan fingerprint density at radius 1 is 0.545 bits per heavy atom. The van der Waals surface area contributed by atoms with Crippen molar-refractivity contribution in [2.75, 3.05) is 52.7 Å². The van der Waals surface area contributed by atoms with Crippen LogP contribution in [0.25, 0.3) is 0 Å². The summed E-state index contributed by atoms with van der Waals surface area (Å²) >= 11 is 0. The molecule has 4 aliphatic heterocycles. The molecular formula is C47H76N4O26. The minimum atomic E-state index is -1.97. The third kappa shape index (κ3) is 18.6. The van der Waals surface area contributed by atoms with Gasteiger partial charge in [-0.15, -0.1) is 0 Å². The number of aliphatic hydroxyl groups excluding tert-OH is 13. The van der Waals surface area contributed by atoms with Crippen molar-refractivity contribution in [2.45, 2.75) is 181 Å². The Morgan fingerprint density at radius 2 is 1.08 bits per heavy atom. The van der Waals surface area contributed by atoms with Crippen LogP contribution in [0.1, 0.15) is 51.0 Å². The van der Waals surface area contributed by atoms with Gasteiger partial charge in [0.2, 0.25) is 17.7 Å². The van der Waals surface area contributed by atoms with Gasteiger partial charge in [0.25, 0.3) is 0 Å². The van der Waals surface area contributed by atoms with E-state index in [1.165, 1.54) is 6.92 Å². The number of alkyl carbamates (subject to hydrolysis) is 1. The highest BCUT2D eigenvalue weighted by Crippen LogP contribution is 2.31. The van der Waals surface area contributed by atoms with Crippen molar-refractivity contribution in [1.29, 1.82) is 0 Å². The summed E-state index contributed by atoms with van der Waals surface area (Å²) < 4.78 is 49.5. The smallest absolute Gasteiger partial charge is 0.408 e. The first-order chi connectivity index (χ1) is 36.7. The van der Waals surface area contributed by atoms with Gasteiger partial charge in [-0.05, 0) is 31.7 Å². The van der Waals surface area contributed by atoms with E-state index in [1.54, 1.807) is 30.3 Å². The summed E-state index contributed by atoms with van der Waals surface area (Å²) in [4.78, 5) is 51.6. The molecule has 0 aromatic heterocycles. The number of aliphatic hydroxyl groups is 13. The largest absolute Gasteiger partial charge is 0.445 e. The van der Waals surface area contributed by atoms with Gasteiger partial charge in [-0.2, -0.15) is 0 Å². The monoisotopic (exact) mass is 1110 g/mol. The van der Waals surface area contributed by atoms with Crippen LogP contribution in [0.5, 0.6) is 0 Å². The van der Waals surface area contributed by atoms with Gasteiger partial charge in [0.1, 0.15) is 104 Å². The Labute approximate surface area is 442 Å². The SMILES string of the molecule is C[C@@H]1O[C@@H](OCCNC(=O)CCCCCNC(=O)[C@H](CCC(=O)NCCO[C@H]2O[C@H](CO[C@H]3O[C@H](CO)[C@@H](O)[C@H](O)[C@@H]3O)[C@@H](O)[C@H](O[C@H]3O[C@H](CO)[C@@H](O)[C@H](O)[C@@H]3O)[C@@H]2O)NC(=O)OCc2ccccc2)[C@@H](O)[C@H](O)[C@@H]1O. The molecule has 21 atom stereocenters. The number of nitrogens with one attached hydrogen (secondary N) is 4. The van der Waals surface area contributed by atoms with E-state index in [1.807, 2.05) is 0 Å². The predicted molar refractivity (Wildman–Crippen MR) is 254 cm³/mol. The Hall–Kier alpha value is -3.94. The second-order valence-corrected chi connectivity index (χ2v) is 18.9. The molecule has 0 unspecified atom stereocenters. The molecular weight excluding hydrogens is 1040 g/mol. The number of hydrogen-bond donors (Lipinski definition) is 17. The van der Waals surface area contributed by atoms with E-state index < -0.39 is 167 Å². The molecule has 0 spiro atoms. The number of hydrogen-bond acceptors (Lipinski definition) is 26. The van der Waals surface area contributed by atoms with Gasteiger partial charge in [0.05, 0.1) is 39.1 Å². The summed E-state index contributed by atoms with van der Waals surface area (Å²) in [5.74, 6) is -1.52. The molecule has 5 rings (SSSR count). The first-order valence-electron chi connectivity index (χ1n) is 25.4. The number of ether oxygens (including phenoxy) is 9. The van der Waals surface area contributed by atoms with Crippen molar-refractivity contribution in [3.05, 3.63) is 35.9 Å². The molecule has 30 nitrogen and oxygen atoms in total. The molecule has 0 aliphatic carbocycles. The molecule has 0 saturated carbocycles. The Morgan fingerprint density at radius 3 is 1.69 bits per heavy atom. The Kier molecular flexibility index (Phi) is 26.3. The summed E-state index contributed by atoms with van der Waals surface area (Å²) in [6.45, 7) is -1.34. The lowest BCUT2D eigenvalue weighted by molar-refractivity contribution is -0.366. The fourth-order valence-corrected chi connectivity index (χ4v) is 8.50. The third-order valence-electron chi connectivity index (χ3n) is 13.1. The molecule has 77 heavy (non-hydrogen) atoms. The zero-order chi connectivity index (χ0) is 56.3. The molecule has 4 heterocycles. The molecule has 1 aromatic carbocycles. The standard InChI is InChI=1S/C47H76N4O26/c1-22-30(56)34(60)37(63)43(73-22)69-16-14-48-28(54)10-6-3-7-13-50-42(67)24(51-47(68)72-20-23-8-4-2-5-9-23)11-12-29(55)49-15-17-70-45-40(66)41(77-46-39(65)36(62)32(58)26(19-53)75-46)33(59)27(76-45)21-71-44-38(64)35(61)31(57)25(18-52)74-44/h2,4-5,8-9,22,24-27,30-41,43-46,52-53,56-66H,3,6-7,10-21H2,1H3,(H,48,54)(H,49,55)(H,50,67)(H,51,68)/t22-,24-,25+,26+,27+,30+,31+,32+,33+,34+,35-,36-,37-,38-,39-,40-,41-,43+,44-,45-,46+/m0/s1. The quantitative estimate of drug-likeness (QED) is 0.0347. The number of rotatable bonds is 28. The average molecular weight is 1110 g/mol.